The number of benzene rings is 1. The number of esters is 1. The van der Waals surface area contributed by atoms with E-state index >= 15 is 0 Å². The van der Waals surface area contributed by atoms with Crippen LogP contribution in [0.15, 0.2) is 40.9 Å². The van der Waals surface area contributed by atoms with Crippen LogP contribution in [0, 0.1) is 5.92 Å². The molecule has 1 N–H and O–H groups in total. The van der Waals surface area contributed by atoms with Crippen molar-refractivity contribution in [3.63, 3.8) is 0 Å². The molecule has 2 atom stereocenters. The number of likely N-dealkylation sites (tertiary alicyclic amines) is 1. The Bertz CT molecular complexity index is 904. The van der Waals surface area contributed by atoms with Crippen LogP contribution < -0.4 is 5.32 Å². The third-order valence-electron chi connectivity index (χ3n) is 6.60. The molecule has 1 fully saturated rings. The van der Waals surface area contributed by atoms with Gasteiger partial charge in [-0.05, 0) is 80.3 Å². The number of pyridine rings is 1. The van der Waals surface area contributed by atoms with Crippen molar-refractivity contribution in [2.45, 2.75) is 51.0 Å². The number of methoxy groups -OCH3 is 1. The molecule has 4 rings (SSSR count). The molecule has 0 amide bonds. The monoisotopic (exact) mass is 485 g/mol. The number of halogens is 1. The Balaban J connectivity index is 1.37. The average molecular weight is 486 g/mol. The summed E-state index contributed by atoms with van der Waals surface area (Å²) in [4.78, 5) is 19.2. The Morgan fingerprint density at radius 2 is 2.26 bits per heavy atom. The Kier molecular flexibility index (Phi) is 7.62. The first-order valence-corrected chi connectivity index (χ1v) is 12.2. The molecule has 0 saturated carbocycles. The lowest BCUT2D eigenvalue weighted by atomic mass is 9.99. The molecule has 0 radical (unpaired) electrons. The van der Waals surface area contributed by atoms with Crippen molar-refractivity contribution in [2.75, 3.05) is 32.1 Å². The summed E-state index contributed by atoms with van der Waals surface area (Å²) in [7, 11) is 1.46. The molecule has 2 aliphatic rings. The van der Waals surface area contributed by atoms with Crippen molar-refractivity contribution in [1.82, 2.24) is 9.88 Å². The van der Waals surface area contributed by atoms with Gasteiger partial charge >= 0.3 is 5.97 Å². The number of anilines is 1. The fourth-order valence-corrected chi connectivity index (χ4v) is 5.29. The zero-order chi connectivity index (χ0) is 21.6. The van der Waals surface area contributed by atoms with E-state index in [2.05, 4.69) is 56.5 Å². The summed E-state index contributed by atoms with van der Waals surface area (Å²) in [6.07, 6.45) is 6.94. The van der Waals surface area contributed by atoms with E-state index in [9.17, 15) is 4.79 Å². The third kappa shape index (κ3) is 5.86. The maximum absolute atomic E-state index is 11.8. The van der Waals surface area contributed by atoms with Crippen LogP contribution in [0.2, 0.25) is 0 Å². The molecule has 3 heterocycles. The van der Waals surface area contributed by atoms with Gasteiger partial charge in [0.1, 0.15) is 5.82 Å². The van der Waals surface area contributed by atoms with Gasteiger partial charge in [-0.2, -0.15) is 0 Å². The molecule has 0 bridgehead atoms. The van der Waals surface area contributed by atoms with E-state index in [0.29, 0.717) is 12.3 Å². The molecule has 166 valence electrons. The van der Waals surface area contributed by atoms with Gasteiger partial charge in [0.25, 0.3) is 0 Å². The largest absolute Gasteiger partial charge is 0.469 e. The lowest BCUT2D eigenvalue weighted by Crippen LogP contribution is -2.27. The van der Waals surface area contributed by atoms with Crippen LogP contribution in [0.4, 0.5) is 5.82 Å². The number of fused-ring (bicyclic) bond motifs is 1. The standard InChI is InChI=1S/C25H32BrN3O2/c1-31-24(30)12-11-23(20-4-2-6-21(26)16-20)29-15-13-18(17-29)7-9-22-10-8-19-5-3-14-27-25(19)28-22/h2,4,6,8,10,16,18,23H,3,5,7,9,11-15,17H2,1H3,(H,27,28)/t18-,23?/m1/s1. The maximum atomic E-state index is 11.8. The van der Waals surface area contributed by atoms with Gasteiger partial charge in [-0.1, -0.05) is 34.1 Å². The molecule has 0 aliphatic carbocycles. The summed E-state index contributed by atoms with van der Waals surface area (Å²) in [6, 6.07) is 13.2. The Morgan fingerprint density at radius 3 is 3.10 bits per heavy atom. The zero-order valence-electron chi connectivity index (χ0n) is 18.3. The van der Waals surface area contributed by atoms with Gasteiger partial charge < -0.3 is 10.1 Å². The number of carbonyl (C=O) groups is 1. The molecule has 31 heavy (non-hydrogen) atoms. The second-order valence-electron chi connectivity index (χ2n) is 8.71. The molecular weight excluding hydrogens is 454 g/mol. The molecule has 1 unspecified atom stereocenters. The van der Waals surface area contributed by atoms with Crippen LogP contribution in [-0.2, 0) is 22.4 Å². The van der Waals surface area contributed by atoms with Gasteiger partial charge in [-0.15, -0.1) is 0 Å². The molecule has 1 aromatic carbocycles. The van der Waals surface area contributed by atoms with Crippen LogP contribution in [0.25, 0.3) is 0 Å². The summed E-state index contributed by atoms with van der Waals surface area (Å²) < 4.78 is 5.97. The molecule has 1 aromatic heterocycles. The van der Waals surface area contributed by atoms with Crippen molar-refractivity contribution in [1.29, 1.82) is 0 Å². The minimum absolute atomic E-state index is 0.136. The second kappa shape index (κ2) is 10.6. The molecule has 2 aliphatic heterocycles. The molecule has 0 spiro atoms. The van der Waals surface area contributed by atoms with Gasteiger partial charge in [-0.25, -0.2) is 4.98 Å². The maximum Gasteiger partial charge on any atom is 0.305 e. The fraction of sp³-hybridized carbons (Fsp3) is 0.520. The van der Waals surface area contributed by atoms with E-state index < -0.39 is 0 Å². The van der Waals surface area contributed by atoms with Crippen LogP contribution in [0.1, 0.15) is 55.0 Å². The van der Waals surface area contributed by atoms with Crippen LogP contribution in [0.3, 0.4) is 0 Å². The summed E-state index contributed by atoms with van der Waals surface area (Å²) in [6.45, 7) is 3.17. The Labute approximate surface area is 193 Å². The second-order valence-corrected chi connectivity index (χ2v) is 9.63. The summed E-state index contributed by atoms with van der Waals surface area (Å²) in [5.74, 6) is 1.62. The fourth-order valence-electron chi connectivity index (χ4n) is 4.87. The van der Waals surface area contributed by atoms with Crippen LogP contribution in [0.5, 0.6) is 0 Å². The third-order valence-corrected chi connectivity index (χ3v) is 7.09. The van der Waals surface area contributed by atoms with E-state index in [4.69, 9.17) is 9.72 Å². The quantitative estimate of drug-likeness (QED) is 0.523. The highest BCUT2D eigenvalue weighted by Gasteiger charge is 2.29. The van der Waals surface area contributed by atoms with E-state index in [1.165, 1.54) is 36.8 Å². The van der Waals surface area contributed by atoms with Crippen molar-refractivity contribution in [3.05, 3.63) is 57.7 Å². The van der Waals surface area contributed by atoms with Crippen LogP contribution in [-0.4, -0.2) is 42.6 Å². The number of aromatic nitrogens is 1. The first-order valence-electron chi connectivity index (χ1n) is 11.4. The SMILES string of the molecule is COC(=O)CCC(c1cccc(Br)c1)N1CC[C@@H](CCc2ccc3c(n2)NCCC3)C1. The van der Waals surface area contributed by atoms with Gasteiger partial charge in [-0.3, -0.25) is 9.69 Å². The first kappa shape index (κ1) is 22.3. The van der Waals surface area contributed by atoms with Crippen molar-refractivity contribution >= 4 is 27.7 Å². The van der Waals surface area contributed by atoms with Gasteiger partial charge in [0.05, 0.1) is 7.11 Å². The average Bonchev–Trinajstić information content (AvgIpc) is 3.26. The van der Waals surface area contributed by atoms with Gasteiger partial charge in [0.15, 0.2) is 0 Å². The highest BCUT2D eigenvalue weighted by Crippen LogP contribution is 2.34. The van der Waals surface area contributed by atoms with E-state index in [1.54, 1.807) is 0 Å². The number of ether oxygens (including phenoxy) is 1. The molecule has 2 aromatic rings. The Morgan fingerprint density at radius 1 is 1.35 bits per heavy atom. The molecule has 6 heteroatoms. The summed E-state index contributed by atoms with van der Waals surface area (Å²) in [5.41, 5.74) is 3.81. The number of rotatable bonds is 8. The van der Waals surface area contributed by atoms with E-state index in [0.717, 1.165) is 55.6 Å². The number of carbonyl (C=O) groups excluding carboxylic acids is 1. The number of hydrogen-bond acceptors (Lipinski definition) is 5. The minimum Gasteiger partial charge on any atom is -0.469 e. The van der Waals surface area contributed by atoms with Crippen molar-refractivity contribution in [2.24, 2.45) is 5.92 Å². The number of hydrogen-bond donors (Lipinski definition) is 1. The van der Waals surface area contributed by atoms with Gasteiger partial charge in [0.2, 0.25) is 0 Å². The van der Waals surface area contributed by atoms with E-state index in [-0.39, 0.29) is 12.0 Å². The molecular formula is C25H32BrN3O2. The lowest BCUT2D eigenvalue weighted by Gasteiger charge is -2.28. The number of aryl methyl sites for hydroxylation is 2. The van der Waals surface area contributed by atoms with Crippen LogP contribution >= 0.6 is 15.9 Å². The zero-order valence-corrected chi connectivity index (χ0v) is 19.9. The highest BCUT2D eigenvalue weighted by molar-refractivity contribution is 9.10. The molecule has 5 nitrogen and oxygen atoms in total. The first-order chi connectivity index (χ1) is 15.1. The molecule has 1 saturated heterocycles. The smallest absolute Gasteiger partial charge is 0.305 e. The number of nitrogens with one attached hydrogen (secondary N) is 1. The normalized spacial score (nSPS) is 19.5. The summed E-state index contributed by atoms with van der Waals surface area (Å²) >= 11 is 3.60. The van der Waals surface area contributed by atoms with Crippen molar-refractivity contribution < 1.29 is 9.53 Å². The number of nitrogens with zero attached hydrogens (tertiary/aromatic N) is 2. The topological polar surface area (TPSA) is 54.5 Å². The summed E-state index contributed by atoms with van der Waals surface area (Å²) in [5, 5.41) is 3.44. The predicted molar refractivity (Wildman–Crippen MR) is 127 cm³/mol. The minimum atomic E-state index is -0.136. The van der Waals surface area contributed by atoms with Crippen molar-refractivity contribution in [3.8, 4) is 0 Å². The Hall–Kier alpha value is -1.92. The highest BCUT2D eigenvalue weighted by atomic mass is 79.9. The van der Waals surface area contributed by atoms with E-state index in [1.807, 2.05) is 6.07 Å². The predicted octanol–water partition coefficient (Wildman–Crippen LogP) is 5.15. The lowest BCUT2D eigenvalue weighted by molar-refractivity contribution is -0.141. The van der Waals surface area contributed by atoms with Gasteiger partial charge in [0, 0.05) is 35.7 Å².